The minimum atomic E-state index is -4.41. The summed E-state index contributed by atoms with van der Waals surface area (Å²) in [6, 6.07) is 6.74. The van der Waals surface area contributed by atoms with Crippen molar-refractivity contribution in [3.05, 3.63) is 41.7 Å². The lowest BCUT2D eigenvalue weighted by atomic mass is 9.99. The molecule has 2 rings (SSSR count). The summed E-state index contributed by atoms with van der Waals surface area (Å²) in [7, 11) is 0. The van der Waals surface area contributed by atoms with Gasteiger partial charge in [0, 0.05) is 11.6 Å². The minimum Gasteiger partial charge on any atom is -0.251 e. The molecule has 0 amide bonds. The molecule has 1 nitrogen and oxygen atoms in total. The standard InChI is InChI=1S/C13H12F3N/c1-8(2)10-4-3-9-5-6-17-12(11(9)7-10)13(14,15)16/h3-8H,1-2H3. The average molecular weight is 239 g/mol. The Balaban J connectivity index is 2.73. The summed E-state index contributed by atoms with van der Waals surface area (Å²) in [5.41, 5.74) is 0.0773. The Kier molecular flexibility index (Phi) is 2.81. The molecule has 0 radical (unpaired) electrons. The first-order valence-corrected chi connectivity index (χ1v) is 5.35. The van der Waals surface area contributed by atoms with Crippen molar-refractivity contribution in [1.82, 2.24) is 4.98 Å². The molecule has 0 saturated carbocycles. The molecule has 0 bridgehead atoms. The van der Waals surface area contributed by atoms with E-state index in [9.17, 15) is 13.2 Å². The van der Waals surface area contributed by atoms with Crippen LogP contribution in [0.2, 0.25) is 0 Å². The number of hydrogen-bond acceptors (Lipinski definition) is 1. The third-order valence-electron chi connectivity index (χ3n) is 2.73. The SMILES string of the molecule is CC(C)c1ccc2ccnc(C(F)(F)F)c2c1. The average Bonchev–Trinajstić information content (AvgIpc) is 2.26. The largest absolute Gasteiger partial charge is 0.433 e. The Morgan fingerprint density at radius 3 is 2.41 bits per heavy atom. The van der Waals surface area contributed by atoms with Crippen LogP contribution in [0.1, 0.15) is 31.0 Å². The predicted octanol–water partition coefficient (Wildman–Crippen LogP) is 4.38. The van der Waals surface area contributed by atoms with Crippen LogP contribution in [-0.4, -0.2) is 4.98 Å². The van der Waals surface area contributed by atoms with E-state index in [1.54, 1.807) is 18.2 Å². The third-order valence-corrected chi connectivity index (χ3v) is 2.73. The maximum absolute atomic E-state index is 12.8. The zero-order valence-corrected chi connectivity index (χ0v) is 9.55. The van der Waals surface area contributed by atoms with Gasteiger partial charge in [-0.05, 0) is 29.0 Å². The topological polar surface area (TPSA) is 12.9 Å². The summed E-state index contributed by atoms with van der Waals surface area (Å²) in [5.74, 6) is 0.195. The zero-order valence-electron chi connectivity index (χ0n) is 9.55. The molecular formula is C13H12F3N. The fraction of sp³-hybridized carbons (Fsp3) is 0.308. The van der Waals surface area contributed by atoms with Gasteiger partial charge < -0.3 is 0 Å². The van der Waals surface area contributed by atoms with E-state index < -0.39 is 11.9 Å². The number of pyridine rings is 1. The van der Waals surface area contributed by atoms with Crippen molar-refractivity contribution in [3.8, 4) is 0 Å². The van der Waals surface area contributed by atoms with Crippen molar-refractivity contribution in [1.29, 1.82) is 0 Å². The van der Waals surface area contributed by atoms with Crippen LogP contribution >= 0.6 is 0 Å². The first-order chi connectivity index (χ1) is 7.89. The molecule has 17 heavy (non-hydrogen) atoms. The molecule has 0 aliphatic heterocycles. The normalized spacial score (nSPS) is 12.4. The molecule has 1 aromatic heterocycles. The lowest BCUT2D eigenvalue weighted by molar-refractivity contribution is -0.139. The van der Waals surface area contributed by atoms with Gasteiger partial charge in [-0.1, -0.05) is 26.0 Å². The second-order valence-corrected chi connectivity index (χ2v) is 4.29. The van der Waals surface area contributed by atoms with Crippen molar-refractivity contribution in [3.63, 3.8) is 0 Å². The molecule has 0 atom stereocenters. The number of rotatable bonds is 1. The van der Waals surface area contributed by atoms with Crippen molar-refractivity contribution < 1.29 is 13.2 Å². The Morgan fingerprint density at radius 2 is 1.82 bits per heavy atom. The van der Waals surface area contributed by atoms with E-state index in [1.807, 2.05) is 19.9 Å². The second-order valence-electron chi connectivity index (χ2n) is 4.29. The van der Waals surface area contributed by atoms with E-state index in [4.69, 9.17) is 0 Å². The van der Waals surface area contributed by atoms with Crippen LogP contribution in [0.5, 0.6) is 0 Å². The van der Waals surface area contributed by atoms with Gasteiger partial charge in [0.15, 0.2) is 5.69 Å². The smallest absolute Gasteiger partial charge is 0.251 e. The van der Waals surface area contributed by atoms with Gasteiger partial charge in [0.1, 0.15) is 0 Å². The number of alkyl halides is 3. The second kappa shape index (κ2) is 4.02. The maximum Gasteiger partial charge on any atom is 0.433 e. The zero-order chi connectivity index (χ0) is 12.6. The first kappa shape index (κ1) is 11.9. The molecule has 0 saturated heterocycles. The van der Waals surface area contributed by atoms with Crippen molar-refractivity contribution in [2.45, 2.75) is 25.9 Å². The molecule has 0 unspecified atom stereocenters. The first-order valence-electron chi connectivity index (χ1n) is 5.35. The Morgan fingerprint density at radius 1 is 1.12 bits per heavy atom. The van der Waals surface area contributed by atoms with Crippen LogP contribution in [0.15, 0.2) is 30.5 Å². The highest BCUT2D eigenvalue weighted by atomic mass is 19.4. The minimum absolute atomic E-state index is 0.172. The highest BCUT2D eigenvalue weighted by molar-refractivity contribution is 5.85. The van der Waals surface area contributed by atoms with E-state index in [2.05, 4.69) is 4.98 Å². The number of halogens is 3. The van der Waals surface area contributed by atoms with Gasteiger partial charge in [-0.25, -0.2) is 0 Å². The van der Waals surface area contributed by atoms with Gasteiger partial charge in [-0.15, -0.1) is 0 Å². The van der Waals surface area contributed by atoms with Crippen LogP contribution in [0, 0.1) is 0 Å². The summed E-state index contributed by atoms with van der Waals surface area (Å²) < 4.78 is 38.4. The number of hydrogen-bond donors (Lipinski definition) is 0. The summed E-state index contributed by atoms with van der Waals surface area (Å²) in [5, 5.41) is 0.739. The highest BCUT2D eigenvalue weighted by Crippen LogP contribution is 2.34. The summed E-state index contributed by atoms with van der Waals surface area (Å²) in [4.78, 5) is 3.45. The molecule has 0 N–H and O–H groups in total. The van der Waals surface area contributed by atoms with Crippen LogP contribution < -0.4 is 0 Å². The Labute approximate surface area is 97.3 Å². The van der Waals surface area contributed by atoms with E-state index in [0.717, 1.165) is 5.56 Å². The summed E-state index contributed by atoms with van der Waals surface area (Å²) in [6.45, 7) is 3.90. The fourth-order valence-electron chi connectivity index (χ4n) is 1.77. The number of benzene rings is 1. The molecule has 2 aromatic rings. The lowest BCUT2D eigenvalue weighted by Crippen LogP contribution is -2.08. The number of fused-ring (bicyclic) bond motifs is 1. The maximum atomic E-state index is 12.8. The Bertz CT molecular complexity index is 544. The quantitative estimate of drug-likeness (QED) is 0.719. The van der Waals surface area contributed by atoms with E-state index >= 15 is 0 Å². The Hall–Kier alpha value is -1.58. The molecule has 0 aliphatic carbocycles. The summed E-state index contributed by atoms with van der Waals surface area (Å²) in [6.07, 6.45) is -3.21. The van der Waals surface area contributed by atoms with Crippen LogP contribution in [0.3, 0.4) is 0 Å². The number of nitrogens with zero attached hydrogens (tertiary/aromatic N) is 1. The van der Waals surface area contributed by atoms with Gasteiger partial charge in [-0.3, -0.25) is 4.98 Å². The van der Waals surface area contributed by atoms with E-state index in [-0.39, 0.29) is 11.3 Å². The molecule has 90 valence electrons. The monoisotopic (exact) mass is 239 g/mol. The highest BCUT2D eigenvalue weighted by Gasteiger charge is 2.34. The fourth-order valence-corrected chi connectivity index (χ4v) is 1.77. The van der Waals surface area contributed by atoms with Gasteiger partial charge >= 0.3 is 6.18 Å². The molecule has 0 spiro atoms. The van der Waals surface area contributed by atoms with Crippen LogP contribution in [-0.2, 0) is 6.18 Å². The molecule has 0 fully saturated rings. The lowest BCUT2D eigenvalue weighted by Gasteiger charge is -2.11. The van der Waals surface area contributed by atoms with E-state index in [1.165, 1.54) is 6.20 Å². The summed E-state index contributed by atoms with van der Waals surface area (Å²) >= 11 is 0. The van der Waals surface area contributed by atoms with Crippen molar-refractivity contribution in [2.75, 3.05) is 0 Å². The molecule has 0 aliphatic rings. The molecule has 4 heteroatoms. The molecule has 1 heterocycles. The molecular weight excluding hydrogens is 227 g/mol. The van der Waals surface area contributed by atoms with Crippen molar-refractivity contribution >= 4 is 10.8 Å². The van der Waals surface area contributed by atoms with Crippen LogP contribution in [0.25, 0.3) is 10.8 Å². The third kappa shape index (κ3) is 2.25. The van der Waals surface area contributed by atoms with Crippen LogP contribution in [0.4, 0.5) is 13.2 Å². The number of aromatic nitrogens is 1. The van der Waals surface area contributed by atoms with Gasteiger partial charge in [-0.2, -0.15) is 13.2 Å². The molecule has 1 aromatic carbocycles. The van der Waals surface area contributed by atoms with Gasteiger partial charge in [0.2, 0.25) is 0 Å². The van der Waals surface area contributed by atoms with Gasteiger partial charge in [0.25, 0.3) is 0 Å². The predicted molar refractivity (Wildman–Crippen MR) is 60.8 cm³/mol. The van der Waals surface area contributed by atoms with Gasteiger partial charge in [0.05, 0.1) is 0 Å². The van der Waals surface area contributed by atoms with E-state index in [0.29, 0.717) is 5.39 Å². The van der Waals surface area contributed by atoms with Crippen molar-refractivity contribution in [2.24, 2.45) is 0 Å².